The second-order valence-electron chi connectivity index (χ2n) is 7.17. The van der Waals surface area contributed by atoms with E-state index in [1.165, 1.54) is 35.3 Å². The molecule has 0 bridgehead atoms. The van der Waals surface area contributed by atoms with Gasteiger partial charge in [0, 0.05) is 18.7 Å². The summed E-state index contributed by atoms with van der Waals surface area (Å²) in [6, 6.07) is 12.0. The molecule has 1 aliphatic carbocycles. The zero-order chi connectivity index (χ0) is 20.2. The lowest BCUT2D eigenvalue weighted by Gasteiger charge is -2.15. The number of hydrogen-bond donors (Lipinski definition) is 0. The molecule has 0 N–H and O–H groups in total. The van der Waals surface area contributed by atoms with Crippen molar-refractivity contribution in [3.05, 3.63) is 57.9 Å². The van der Waals surface area contributed by atoms with Crippen molar-refractivity contribution in [2.45, 2.75) is 39.2 Å². The first-order valence-electron chi connectivity index (χ1n) is 10.2. The highest BCUT2D eigenvalue weighted by molar-refractivity contribution is 7.16. The van der Waals surface area contributed by atoms with Crippen LogP contribution in [0.5, 0.6) is 5.75 Å². The van der Waals surface area contributed by atoms with Crippen molar-refractivity contribution in [3.8, 4) is 5.75 Å². The molecule has 1 aromatic heterocycles. The van der Waals surface area contributed by atoms with E-state index in [1.807, 2.05) is 37.3 Å². The number of methoxy groups -OCH3 is 1. The quantitative estimate of drug-likeness (QED) is 0.567. The molecule has 0 spiro atoms. The topological polar surface area (TPSA) is 52.8 Å². The molecule has 1 amide bonds. The van der Waals surface area contributed by atoms with Gasteiger partial charge in [-0.15, -0.1) is 0 Å². The van der Waals surface area contributed by atoms with Crippen LogP contribution < -0.4 is 9.54 Å². The molecule has 1 heterocycles. The zero-order valence-corrected chi connectivity index (χ0v) is 17.8. The third kappa shape index (κ3) is 4.28. The van der Waals surface area contributed by atoms with E-state index in [9.17, 15) is 4.79 Å². The van der Waals surface area contributed by atoms with E-state index in [1.54, 1.807) is 7.11 Å². The van der Waals surface area contributed by atoms with E-state index in [2.05, 4.69) is 15.6 Å². The van der Waals surface area contributed by atoms with Crippen molar-refractivity contribution in [2.75, 3.05) is 20.3 Å². The summed E-state index contributed by atoms with van der Waals surface area (Å²) in [5.74, 6) is 0.602. The highest BCUT2D eigenvalue weighted by Gasteiger charge is 2.14. The lowest BCUT2D eigenvalue weighted by atomic mass is 9.90. The van der Waals surface area contributed by atoms with Gasteiger partial charge in [-0.05, 0) is 74.1 Å². The van der Waals surface area contributed by atoms with Crippen LogP contribution in [0.1, 0.15) is 41.3 Å². The van der Waals surface area contributed by atoms with Gasteiger partial charge in [-0.1, -0.05) is 17.4 Å². The van der Waals surface area contributed by atoms with Crippen LogP contribution in [0.25, 0.3) is 10.2 Å². The third-order valence-corrected chi connectivity index (χ3v) is 6.39. The molecular formula is C23H26N2O3S. The van der Waals surface area contributed by atoms with E-state index in [-0.39, 0.29) is 5.91 Å². The molecule has 0 radical (unpaired) electrons. The smallest absolute Gasteiger partial charge is 0.279 e. The van der Waals surface area contributed by atoms with E-state index >= 15 is 0 Å². The van der Waals surface area contributed by atoms with Gasteiger partial charge in [0.1, 0.15) is 5.75 Å². The van der Waals surface area contributed by atoms with Gasteiger partial charge in [-0.25, -0.2) is 0 Å². The van der Waals surface area contributed by atoms with Crippen LogP contribution in [-0.4, -0.2) is 30.8 Å². The molecular weight excluding hydrogens is 384 g/mol. The summed E-state index contributed by atoms with van der Waals surface area (Å²) in [4.78, 5) is 18.1. The second kappa shape index (κ2) is 8.93. The summed E-state index contributed by atoms with van der Waals surface area (Å²) >= 11 is 1.50. The van der Waals surface area contributed by atoms with Crippen LogP contribution in [-0.2, 0) is 24.1 Å². The van der Waals surface area contributed by atoms with Crippen LogP contribution in [0.2, 0.25) is 0 Å². The summed E-state index contributed by atoms with van der Waals surface area (Å²) in [5, 5.41) is 0. The third-order valence-electron chi connectivity index (χ3n) is 5.35. The molecule has 0 saturated heterocycles. The first kappa shape index (κ1) is 19.9. The Bertz CT molecular complexity index is 1100. The van der Waals surface area contributed by atoms with Crippen LogP contribution in [0.3, 0.4) is 0 Å². The number of hydrogen-bond acceptors (Lipinski definition) is 4. The number of carbonyl (C=O) groups excluding carboxylic acids is 1. The second-order valence-corrected chi connectivity index (χ2v) is 8.18. The largest absolute Gasteiger partial charge is 0.497 e. The van der Waals surface area contributed by atoms with E-state index < -0.39 is 0 Å². The minimum atomic E-state index is -0.193. The Labute approximate surface area is 174 Å². The normalized spacial score (nSPS) is 14.2. The lowest BCUT2D eigenvalue weighted by Crippen LogP contribution is -2.20. The van der Waals surface area contributed by atoms with Crippen molar-refractivity contribution in [1.29, 1.82) is 0 Å². The minimum Gasteiger partial charge on any atom is -0.497 e. The van der Waals surface area contributed by atoms with Crippen LogP contribution >= 0.6 is 11.3 Å². The molecule has 1 aliphatic rings. The van der Waals surface area contributed by atoms with Crippen LogP contribution in [0, 0.1) is 0 Å². The van der Waals surface area contributed by atoms with Crippen LogP contribution in [0.4, 0.5) is 0 Å². The Morgan fingerprint density at radius 1 is 1.14 bits per heavy atom. The molecule has 0 unspecified atom stereocenters. The first-order valence-corrected chi connectivity index (χ1v) is 11.0. The Morgan fingerprint density at radius 3 is 2.76 bits per heavy atom. The SMILES string of the molecule is CCOCCn1c(=NC(=O)c2ccc3c(c2)CCCC3)sc2cc(OC)ccc21. The number of benzene rings is 2. The van der Waals surface area contributed by atoms with Gasteiger partial charge in [0.15, 0.2) is 4.80 Å². The lowest BCUT2D eigenvalue weighted by molar-refractivity contribution is 0.0996. The highest BCUT2D eigenvalue weighted by atomic mass is 32.1. The minimum absolute atomic E-state index is 0.193. The first-order chi connectivity index (χ1) is 14.2. The number of nitrogens with zero attached hydrogens (tertiary/aromatic N) is 2. The zero-order valence-electron chi connectivity index (χ0n) is 16.9. The maximum absolute atomic E-state index is 13.0. The average Bonchev–Trinajstić information content (AvgIpc) is 3.09. The summed E-state index contributed by atoms with van der Waals surface area (Å²) in [5.41, 5.74) is 4.36. The fourth-order valence-corrected chi connectivity index (χ4v) is 4.88. The number of carbonyl (C=O) groups is 1. The molecule has 0 saturated carbocycles. The molecule has 0 atom stereocenters. The number of aromatic nitrogens is 1. The van der Waals surface area contributed by atoms with E-state index in [0.717, 1.165) is 28.8 Å². The number of amides is 1. The number of rotatable bonds is 6. The predicted molar refractivity (Wildman–Crippen MR) is 116 cm³/mol. The van der Waals surface area contributed by atoms with Gasteiger partial charge in [-0.2, -0.15) is 4.99 Å². The predicted octanol–water partition coefficient (Wildman–Crippen LogP) is 4.37. The highest BCUT2D eigenvalue weighted by Crippen LogP contribution is 2.24. The Hall–Kier alpha value is -2.44. The van der Waals surface area contributed by atoms with Crippen molar-refractivity contribution < 1.29 is 14.3 Å². The summed E-state index contributed by atoms with van der Waals surface area (Å²) in [7, 11) is 1.66. The Balaban J connectivity index is 1.73. The molecule has 29 heavy (non-hydrogen) atoms. The fraction of sp³-hybridized carbons (Fsp3) is 0.391. The number of aryl methyl sites for hydroxylation is 2. The van der Waals surface area contributed by atoms with Gasteiger partial charge < -0.3 is 14.0 Å². The number of thiazole rings is 1. The van der Waals surface area contributed by atoms with Gasteiger partial charge in [0.05, 0.1) is 23.9 Å². The molecule has 2 aromatic carbocycles. The van der Waals surface area contributed by atoms with Gasteiger partial charge >= 0.3 is 0 Å². The van der Waals surface area contributed by atoms with E-state index in [0.29, 0.717) is 30.1 Å². The van der Waals surface area contributed by atoms with E-state index in [4.69, 9.17) is 9.47 Å². The molecule has 6 heteroatoms. The van der Waals surface area contributed by atoms with Gasteiger partial charge in [-0.3, -0.25) is 4.79 Å². The van der Waals surface area contributed by atoms with Crippen LogP contribution in [0.15, 0.2) is 41.4 Å². The van der Waals surface area contributed by atoms with Crippen molar-refractivity contribution in [2.24, 2.45) is 4.99 Å². The summed E-state index contributed by atoms with van der Waals surface area (Å²) in [6.45, 7) is 3.87. The average molecular weight is 411 g/mol. The van der Waals surface area contributed by atoms with Crippen molar-refractivity contribution in [3.63, 3.8) is 0 Å². The number of ether oxygens (including phenoxy) is 2. The van der Waals surface area contributed by atoms with Gasteiger partial charge in [0.25, 0.3) is 5.91 Å². The standard InChI is InChI=1S/C23H26N2O3S/c1-3-28-13-12-25-20-11-10-19(27-2)15-21(20)29-23(25)24-22(26)18-9-8-16-6-4-5-7-17(16)14-18/h8-11,14-15H,3-7,12-13H2,1-2H3. The maximum atomic E-state index is 13.0. The molecule has 0 fully saturated rings. The molecule has 4 rings (SSSR count). The maximum Gasteiger partial charge on any atom is 0.279 e. The van der Waals surface area contributed by atoms with Crippen molar-refractivity contribution in [1.82, 2.24) is 4.57 Å². The Morgan fingerprint density at radius 2 is 1.97 bits per heavy atom. The molecule has 3 aromatic rings. The molecule has 152 valence electrons. The molecule has 5 nitrogen and oxygen atoms in total. The van der Waals surface area contributed by atoms with Crippen molar-refractivity contribution >= 4 is 27.5 Å². The summed E-state index contributed by atoms with van der Waals surface area (Å²) in [6.07, 6.45) is 4.58. The fourth-order valence-electron chi connectivity index (χ4n) is 3.80. The van der Waals surface area contributed by atoms with Gasteiger partial charge in [0.2, 0.25) is 0 Å². The number of fused-ring (bicyclic) bond motifs is 2. The monoisotopic (exact) mass is 410 g/mol. The molecule has 0 aliphatic heterocycles. The summed E-state index contributed by atoms with van der Waals surface area (Å²) < 4.78 is 14.0. The Kier molecular flexibility index (Phi) is 6.11.